The molecule has 1 aromatic rings. The van der Waals surface area contributed by atoms with Crippen LogP contribution >= 0.6 is 15.9 Å². The number of halogens is 1. The lowest BCUT2D eigenvalue weighted by Crippen LogP contribution is -2.25. The van der Waals surface area contributed by atoms with Crippen LogP contribution in [0.25, 0.3) is 0 Å². The molecule has 14 heavy (non-hydrogen) atoms. The van der Waals surface area contributed by atoms with Gasteiger partial charge in [0.05, 0.1) is 6.61 Å². The molecule has 2 rings (SSSR count). The van der Waals surface area contributed by atoms with Crippen molar-refractivity contribution in [3.8, 4) is 0 Å². The Morgan fingerprint density at radius 3 is 2.57 bits per heavy atom. The van der Waals surface area contributed by atoms with Crippen LogP contribution in [0, 0.1) is 0 Å². The van der Waals surface area contributed by atoms with Gasteiger partial charge in [0.2, 0.25) is 0 Å². The van der Waals surface area contributed by atoms with Crippen molar-refractivity contribution in [3.63, 3.8) is 0 Å². The van der Waals surface area contributed by atoms with Crippen molar-refractivity contribution in [2.45, 2.75) is 5.60 Å². The summed E-state index contributed by atoms with van der Waals surface area (Å²) in [7, 11) is 0. The highest BCUT2D eigenvalue weighted by molar-refractivity contribution is 9.10. The molecule has 1 atom stereocenters. The Bertz CT molecular complexity index is 326. The monoisotopic (exact) mass is 254 g/mol. The van der Waals surface area contributed by atoms with Crippen LogP contribution in [-0.2, 0) is 15.1 Å². The van der Waals surface area contributed by atoms with Gasteiger partial charge in [-0.3, -0.25) is 0 Å². The smallest absolute Gasteiger partial charge is 0.148 e. The summed E-state index contributed by atoms with van der Waals surface area (Å²) in [6, 6.07) is 8.01. The molecule has 2 nitrogen and oxygen atoms in total. The molecule has 1 saturated heterocycles. The summed E-state index contributed by atoms with van der Waals surface area (Å²) in [5.74, 6) is 0. The number of hydrogen-bond acceptors (Lipinski definition) is 2. The highest BCUT2D eigenvalue weighted by Crippen LogP contribution is 2.32. The topological polar surface area (TPSA) is 18.5 Å². The van der Waals surface area contributed by atoms with E-state index in [1.54, 1.807) is 6.08 Å². The van der Waals surface area contributed by atoms with E-state index in [-0.39, 0.29) is 0 Å². The lowest BCUT2D eigenvalue weighted by Gasteiger charge is -2.22. The molecule has 0 radical (unpaired) electrons. The van der Waals surface area contributed by atoms with Crippen LogP contribution in [0.15, 0.2) is 41.4 Å². The first kappa shape index (κ1) is 9.90. The molecule has 74 valence electrons. The standard InChI is InChI=1S/C11H11BrO2/c1-2-11(7-13-8-14-11)9-3-5-10(12)6-4-9/h2-6H,1,7-8H2/t11-/m0/s1. The van der Waals surface area contributed by atoms with E-state index in [1.807, 2.05) is 24.3 Å². The maximum atomic E-state index is 5.56. The van der Waals surface area contributed by atoms with Crippen molar-refractivity contribution in [2.24, 2.45) is 0 Å². The molecule has 0 amide bonds. The van der Waals surface area contributed by atoms with E-state index >= 15 is 0 Å². The van der Waals surface area contributed by atoms with Crippen LogP contribution in [0.3, 0.4) is 0 Å². The molecular formula is C11H11BrO2. The van der Waals surface area contributed by atoms with Gasteiger partial charge in [-0.15, -0.1) is 0 Å². The molecule has 0 unspecified atom stereocenters. The van der Waals surface area contributed by atoms with E-state index in [0.29, 0.717) is 13.4 Å². The van der Waals surface area contributed by atoms with Crippen molar-refractivity contribution in [2.75, 3.05) is 13.4 Å². The summed E-state index contributed by atoms with van der Waals surface area (Å²) in [4.78, 5) is 0. The summed E-state index contributed by atoms with van der Waals surface area (Å²) in [5, 5.41) is 0. The fraction of sp³-hybridized carbons (Fsp3) is 0.273. The third kappa shape index (κ3) is 1.63. The molecule has 1 fully saturated rings. The first-order chi connectivity index (χ1) is 6.77. The van der Waals surface area contributed by atoms with Gasteiger partial charge >= 0.3 is 0 Å². The first-order valence-electron chi connectivity index (χ1n) is 4.38. The minimum atomic E-state index is -0.458. The molecular weight excluding hydrogens is 244 g/mol. The SMILES string of the molecule is C=C[C@@]1(c2ccc(Br)cc2)COCO1. The number of rotatable bonds is 2. The van der Waals surface area contributed by atoms with Crippen LogP contribution in [0.5, 0.6) is 0 Å². The van der Waals surface area contributed by atoms with E-state index in [1.165, 1.54) is 0 Å². The Morgan fingerprint density at radius 1 is 1.36 bits per heavy atom. The summed E-state index contributed by atoms with van der Waals surface area (Å²) in [6.07, 6.45) is 1.79. The fourth-order valence-electron chi connectivity index (χ4n) is 1.52. The highest BCUT2D eigenvalue weighted by Gasteiger charge is 2.34. The average Bonchev–Trinajstić information content (AvgIpc) is 2.68. The molecule has 0 spiro atoms. The normalized spacial score (nSPS) is 26.4. The molecule has 0 N–H and O–H groups in total. The van der Waals surface area contributed by atoms with E-state index in [0.717, 1.165) is 10.0 Å². The zero-order chi connectivity index (χ0) is 10.0. The van der Waals surface area contributed by atoms with Crippen molar-refractivity contribution in [1.29, 1.82) is 0 Å². The largest absolute Gasteiger partial charge is 0.352 e. The van der Waals surface area contributed by atoms with Crippen molar-refractivity contribution < 1.29 is 9.47 Å². The minimum absolute atomic E-state index is 0.335. The Kier molecular flexibility index (Phi) is 2.72. The second-order valence-electron chi connectivity index (χ2n) is 3.21. The lowest BCUT2D eigenvalue weighted by molar-refractivity contribution is 0.0154. The van der Waals surface area contributed by atoms with Crippen molar-refractivity contribution >= 4 is 15.9 Å². The van der Waals surface area contributed by atoms with E-state index in [9.17, 15) is 0 Å². The van der Waals surface area contributed by atoms with E-state index in [2.05, 4.69) is 22.5 Å². The van der Waals surface area contributed by atoms with Crippen LogP contribution < -0.4 is 0 Å². The summed E-state index contributed by atoms with van der Waals surface area (Å²) in [6.45, 7) is 4.67. The van der Waals surface area contributed by atoms with Crippen LogP contribution in [0.1, 0.15) is 5.56 Å². The van der Waals surface area contributed by atoms with Gasteiger partial charge in [0.25, 0.3) is 0 Å². The first-order valence-corrected chi connectivity index (χ1v) is 5.17. The predicted molar refractivity (Wildman–Crippen MR) is 57.9 cm³/mol. The molecule has 0 aliphatic carbocycles. The maximum absolute atomic E-state index is 5.56. The molecule has 0 saturated carbocycles. The molecule has 1 aliphatic rings. The van der Waals surface area contributed by atoms with Gasteiger partial charge in [-0.05, 0) is 17.7 Å². The second-order valence-corrected chi connectivity index (χ2v) is 4.13. The lowest BCUT2D eigenvalue weighted by atomic mass is 9.95. The summed E-state index contributed by atoms with van der Waals surface area (Å²) < 4.78 is 11.8. The molecule has 1 aliphatic heterocycles. The van der Waals surface area contributed by atoms with Gasteiger partial charge in [-0.2, -0.15) is 0 Å². The van der Waals surface area contributed by atoms with Crippen LogP contribution in [-0.4, -0.2) is 13.4 Å². The number of hydrogen-bond donors (Lipinski definition) is 0. The quantitative estimate of drug-likeness (QED) is 0.756. The Balaban J connectivity index is 2.36. The molecule has 3 heteroatoms. The maximum Gasteiger partial charge on any atom is 0.148 e. The number of ether oxygens (including phenoxy) is 2. The van der Waals surface area contributed by atoms with Gasteiger partial charge in [0.1, 0.15) is 12.4 Å². The number of benzene rings is 1. The third-order valence-electron chi connectivity index (χ3n) is 2.38. The third-order valence-corrected chi connectivity index (χ3v) is 2.91. The zero-order valence-corrected chi connectivity index (χ0v) is 9.29. The summed E-state index contributed by atoms with van der Waals surface area (Å²) >= 11 is 3.40. The van der Waals surface area contributed by atoms with Gasteiger partial charge in [0, 0.05) is 4.47 Å². The molecule has 1 aromatic carbocycles. The van der Waals surface area contributed by atoms with Crippen molar-refractivity contribution in [1.82, 2.24) is 0 Å². The summed E-state index contributed by atoms with van der Waals surface area (Å²) in [5.41, 5.74) is 0.619. The Morgan fingerprint density at radius 2 is 2.07 bits per heavy atom. The predicted octanol–water partition coefficient (Wildman–Crippen LogP) is 2.83. The molecule has 0 aromatic heterocycles. The zero-order valence-electron chi connectivity index (χ0n) is 7.70. The second kappa shape index (κ2) is 3.85. The van der Waals surface area contributed by atoms with Gasteiger partial charge in [-0.25, -0.2) is 0 Å². The van der Waals surface area contributed by atoms with Gasteiger partial charge in [-0.1, -0.05) is 40.7 Å². The van der Waals surface area contributed by atoms with Crippen molar-refractivity contribution in [3.05, 3.63) is 47.0 Å². The van der Waals surface area contributed by atoms with E-state index < -0.39 is 5.60 Å². The minimum Gasteiger partial charge on any atom is -0.352 e. The van der Waals surface area contributed by atoms with Crippen LogP contribution in [0.4, 0.5) is 0 Å². The molecule has 1 heterocycles. The van der Waals surface area contributed by atoms with E-state index in [4.69, 9.17) is 9.47 Å². The van der Waals surface area contributed by atoms with Crippen LogP contribution in [0.2, 0.25) is 0 Å². The highest BCUT2D eigenvalue weighted by atomic mass is 79.9. The Labute approximate surface area is 91.7 Å². The van der Waals surface area contributed by atoms with Gasteiger partial charge < -0.3 is 9.47 Å². The Hall–Kier alpha value is -0.640. The fourth-order valence-corrected chi connectivity index (χ4v) is 1.78. The average molecular weight is 255 g/mol. The molecule has 0 bridgehead atoms. The van der Waals surface area contributed by atoms with Gasteiger partial charge in [0.15, 0.2) is 0 Å².